The van der Waals surface area contributed by atoms with Gasteiger partial charge < -0.3 is 15.4 Å². The minimum atomic E-state index is -2.82. The van der Waals surface area contributed by atoms with Gasteiger partial charge in [-0.2, -0.15) is 0 Å². The molecule has 0 radical (unpaired) electrons. The Morgan fingerprint density at radius 3 is 2.21 bits per heavy atom. The van der Waals surface area contributed by atoms with Crippen LogP contribution in [0.2, 0.25) is 0 Å². The zero-order valence-electron chi connectivity index (χ0n) is 14.2. The molecule has 2 aliphatic heterocycles. The summed E-state index contributed by atoms with van der Waals surface area (Å²) >= 11 is 0. The number of sulfone groups is 1. The van der Waals surface area contributed by atoms with Gasteiger partial charge in [0.25, 0.3) is 0 Å². The van der Waals surface area contributed by atoms with E-state index >= 15 is 0 Å². The second-order valence-corrected chi connectivity index (χ2v) is 9.34. The topological polar surface area (TPSA) is 79.8 Å². The lowest BCUT2D eigenvalue weighted by molar-refractivity contribution is 0.0821. The Kier molecular flexibility index (Phi) is 8.06. The highest BCUT2D eigenvalue weighted by Crippen LogP contribution is 2.20. The number of guanidine groups is 1. The van der Waals surface area contributed by atoms with Crippen LogP contribution in [0, 0.1) is 5.92 Å². The molecule has 8 heteroatoms. The third-order valence-electron chi connectivity index (χ3n) is 5.09. The number of hydrogen-bond donors (Lipinski definition) is 2. The SMILES string of the molecule is I.O=S1(=O)CCC(CN=C(NC2CCCC2)NC2CCOCC2)C1. The molecule has 0 bridgehead atoms. The number of halogens is 1. The van der Waals surface area contributed by atoms with Gasteiger partial charge in [0.15, 0.2) is 15.8 Å². The van der Waals surface area contributed by atoms with Crippen LogP contribution in [-0.2, 0) is 14.6 Å². The van der Waals surface area contributed by atoms with Crippen molar-refractivity contribution in [3.05, 3.63) is 0 Å². The Morgan fingerprint density at radius 2 is 1.62 bits per heavy atom. The molecule has 1 atom stereocenters. The second kappa shape index (κ2) is 9.56. The molecule has 0 aromatic rings. The smallest absolute Gasteiger partial charge is 0.191 e. The predicted octanol–water partition coefficient (Wildman–Crippen LogP) is 1.70. The van der Waals surface area contributed by atoms with E-state index in [4.69, 9.17) is 9.73 Å². The van der Waals surface area contributed by atoms with E-state index in [0.29, 0.717) is 30.1 Å². The minimum absolute atomic E-state index is 0. The van der Waals surface area contributed by atoms with Crippen LogP contribution in [0.1, 0.15) is 44.9 Å². The first-order valence-corrected chi connectivity index (χ1v) is 10.8. The third kappa shape index (κ3) is 6.33. The standard InChI is InChI=1S/C16H29N3O3S.HI/c20-23(21)10-7-13(12-23)11-17-16(18-14-3-1-2-4-14)19-15-5-8-22-9-6-15;/h13-15H,1-12H2,(H2,17,18,19);1H. The quantitative estimate of drug-likeness (QED) is 0.371. The molecule has 3 fully saturated rings. The van der Waals surface area contributed by atoms with Gasteiger partial charge in [-0.15, -0.1) is 24.0 Å². The fraction of sp³-hybridized carbons (Fsp3) is 0.938. The van der Waals surface area contributed by atoms with Crippen LogP contribution in [0.3, 0.4) is 0 Å². The number of ether oxygens (including phenoxy) is 1. The van der Waals surface area contributed by atoms with Gasteiger partial charge in [0.2, 0.25) is 0 Å². The number of rotatable bonds is 4. The molecule has 2 N–H and O–H groups in total. The average molecular weight is 471 g/mol. The number of aliphatic imine (C=N–C) groups is 1. The number of nitrogens with zero attached hydrogens (tertiary/aromatic N) is 1. The van der Waals surface area contributed by atoms with Gasteiger partial charge in [0.1, 0.15) is 0 Å². The first-order chi connectivity index (χ1) is 11.1. The summed E-state index contributed by atoms with van der Waals surface area (Å²) in [4.78, 5) is 4.72. The van der Waals surface area contributed by atoms with Crippen LogP contribution in [0.5, 0.6) is 0 Å². The number of hydrogen-bond acceptors (Lipinski definition) is 4. The average Bonchev–Trinajstić information content (AvgIpc) is 3.15. The molecule has 0 aromatic heterocycles. The lowest BCUT2D eigenvalue weighted by Crippen LogP contribution is -2.48. The molecule has 2 heterocycles. The van der Waals surface area contributed by atoms with Crippen molar-refractivity contribution in [2.75, 3.05) is 31.3 Å². The van der Waals surface area contributed by atoms with E-state index in [9.17, 15) is 8.42 Å². The van der Waals surface area contributed by atoms with Crippen LogP contribution in [0.25, 0.3) is 0 Å². The van der Waals surface area contributed by atoms with E-state index in [1.165, 1.54) is 25.7 Å². The monoisotopic (exact) mass is 471 g/mol. The van der Waals surface area contributed by atoms with E-state index in [-0.39, 0.29) is 29.9 Å². The molecule has 24 heavy (non-hydrogen) atoms. The van der Waals surface area contributed by atoms with Gasteiger partial charge in [0, 0.05) is 31.8 Å². The van der Waals surface area contributed by atoms with Crippen molar-refractivity contribution in [1.82, 2.24) is 10.6 Å². The van der Waals surface area contributed by atoms with Crippen molar-refractivity contribution in [3.63, 3.8) is 0 Å². The normalized spacial score (nSPS) is 28.5. The Bertz CT molecular complexity index is 515. The van der Waals surface area contributed by atoms with Crippen molar-refractivity contribution in [2.45, 2.75) is 57.0 Å². The molecule has 6 nitrogen and oxygen atoms in total. The van der Waals surface area contributed by atoms with Crippen molar-refractivity contribution >= 4 is 39.8 Å². The molecule has 3 rings (SSSR count). The molecule has 3 aliphatic rings. The van der Waals surface area contributed by atoms with Crippen molar-refractivity contribution in [3.8, 4) is 0 Å². The third-order valence-corrected chi connectivity index (χ3v) is 6.93. The molecular formula is C16H30IN3O3S. The summed E-state index contributed by atoms with van der Waals surface area (Å²) in [6, 6.07) is 0.914. The molecule has 2 saturated heterocycles. The summed E-state index contributed by atoms with van der Waals surface area (Å²) in [6.45, 7) is 2.20. The van der Waals surface area contributed by atoms with Crippen LogP contribution < -0.4 is 10.6 Å². The summed E-state index contributed by atoms with van der Waals surface area (Å²) in [5.74, 6) is 1.67. The summed E-state index contributed by atoms with van der Waals surface area (Å²) in [7, 11) is -2.82. The van der Waals surface area contributed by atoms with E-state index in [1.807, 2.05) is 0 Å². The highest BCUT2D eigenvalue weighted by atomic mass is 127. The van der Waals surface area contributed by atoms with Crippen LogP contribution in [0.15, 0.2) is 4.99 Å². The maximum atomic E-state index is 11.6. The van der Waals surface area contributed by atoms with Crippen molar-refractivity contribution < 1.29 is 13.2 Å². The largest absolute Gasteiger partial charge is 0.381 e. The first kappa shape index (κ1) is 20.2. The fourth-order valence-electron chi connectivity index (χ4n) is 3.67. The van der Waals surface area contributed by atoms with Crippen molar-refractivity contribution in [2.24, 2.45) is 10.9 Å². The van der Waals surface area contributed by atoms with Gasteiger partial charge in [-0.3, -0.25) is 4.99 Å². The summed E-state index contributed by atoms with van der Waals surface area (Å²) in [5, 5.41) is 7.09. The molecule has 1 aliphatic carbocycles. The molecule has 1 saturated carbocycles. The fourth-order valence-corrected chi connectivity index (χ4v) is 5.52. The van der Waals surface area contributed by atoms with Crippen molar-refractivity contribution in [1.29, 1.82) is 0 Å². The van der Waals surface area contributed by atoms with Crippen LogP contribution in [-0.4, -0.2) is 57.7 Å². The summed E-state index contributed by atoms with van der Waals surface area (Å²) in [6.07, 6.45) is 7.72. The Balaban J connectivity index is 0.00000208. The maximum absolute atomic E-state index is 11.6. The minimum Gasteiger partial charge on any atom is -0.381 e. The Morgan fingerprint density at radius 1 is 1.00 bits per heavy atom. The van der Waals surface area contributed by atoms with Gasteiger partial charge in [-0.25, -0.2) is 8.42 Å². The highest BCUT2D eigenvalue weighted by molar-refractivity contribution is 14.0. The van der Waals surface area contributed by atoms with Gasteiger partial charge in [0.05, 0.1) is 11.5 Å². The molecule has 1 unspecified atom stereocenters. The Labute approximate surface area is 162 Å². The molecule has 0 aromatic carbocycles. The van der Waals surface area contributed by atoms with E-state index in [2.05, 4.69) is 10.6 Å². The molecule has 140 valence electrons. The zero-order valence-corrected chi connectivity index (χ0v) is 17.4. The predicted molar refractivity (Wildman–Crippen MR) is 107 cm³/mol. The van der Waals surface area contributed by atoms with Gasteiger partial charge >= 0.3 is 0 Å². The molecular weight excluding hydrogens is 441 g/mol. The molecule has 0 spiro atoms. The van der Waals surface area contributed by atoms with Gasteiger partial charge in [-0.1, -0.05) is 12.8 Å². The zero-order chi connectivity index (χ0) is 16.1. The lowest BCUT2D eigenvalue weighted by Gasteiger charge is -2.27. The lowest BCUT2D eigenvalue weighted by atomic mass is 10.1. The van der Waals surface area contributed by atoms with Gasteiger partial charge in [-0.05, 0) is 38.0 Å². The van der Waals surface area contributed by atoms with E-state index in [1.54, 1.807) is 0 Å². The van der Waals surface area contributed by atoms with E-state index in [0.717, 1.165) is 38.4 Å². The first-order valence-electron chi connectivity index (χ1n) is 8.96. The summed E-state index contributed by atoms with van der Waals surface area (Å²) < 4.78 is 28.6. The molecule has 0 amide bonds. The maximum Gasteiger partial charge on any atom is 0.191 e. The van der Waals surface area contributed by atoms with Crippen LogP contribution >= 0.6 is 24.0 Å². The summed E-state index contributed by atoms with van der Waals surface area (Å²) in [5.41, 5.74) is 0. The Hall–Kier alpha value is -0.0900. The number of nitrogens with one attached hydrogen (secondary N) is 2. The second-order valence-electron chi connectivity index (χ2n) is 7.12. The van der Waals surface area contributed by atoms with E-state index < -0.39 is 9.84 Å². The van der Waals surface area contributed by atoms with Crippen LogP contribution in [0.4, 0.5) is 0 Å². The highest BCUT2D eigenvalue weighted by Gasteiger charge is 2.28.